The molecular formula is C15H18N2O. The first-order valence-electron chi connectivity index (χ1n) is 6.20. The number of rotatable bonds is 3. The largest absolute Gasteiger partial charge is 0.320 e. The van der Waals surface area contributed by atoms with Gasteiger partial charge in [0.2, 0.25) is 5.91 Å². The molecule has 0 heterocycles. The molecule has 0 saturated carbocycles. The zero-order valence-electron chi connectivity index (χ0n) is 10.8. The van der Waals surface area contributed by atoms with Crippen molar-refractivity contribution in [1.29, 1.82) is 0 Å². The second-order valence-corrected chi connectivity index (χ2v) is 4.37. The highest BCUT2D eigenvalue weighted by atomic mass is 16.2. The summed E-state index contributed by atoms with van der Waals surface area (Å²) in [5.41, 5.74) is 6.63. The first-order chi connectivity index (χ1) is 8.65. The van der Waals surface area contributed by atoms with Crippen molar-refractivity contribution < 1.29 is 4.79 Å². The highest BCUT2D eigenvalue weighted by molar-refractivity contribution is 6.05. The second-order valence-electron chi connectivity index (χ2n) is 4.37. The van der Waals surface area contributed by atoms with Crippen molar-refractivity contribution in [3.8, 4) is 0 Å². The Kier molecular flexibility index (Phi) is 3.63. The van der Waals surface area contributed by atoms with Crippen molar-refractivity contribution in [2.24, 2.45) is 5.73 Å². The third kappa shape index (κ3) is 2.22. The Balaban J connectivity index is 2.55. The first-order valence-corrected chi connectivity index (χ1v) is 6.20. The van der Waals surface area contributed by atoms with Crippen molar-refractivity contribution in [3.05, 3.63) is 42.5 Å². The number of carbonyl (C=O) groups is 1. The fourth-order valence-electron chi connectivity index (χ4n) is 2.13. The molecule has 94 valence electrons. The van der Waals surface area contributed by atoms with Crippen LogP contribution >= 0.6 is 0 Å². The molecule has 0 bridgehead atoms. The van der Waals surface area contributed by atoms with Crippen LogP contribution in [-0.2, 0) is 4.79 Å². The van der Waals surface area contributed by atoms with Crippen LogP contribution in [0.3, 0.4) is 0 Å². The van der Waals surface area contributed by atoms with Crippen LogP contribution in [0.1, 0.15) is 13.8 Å². The summed E-state index contributed by atoms with van der Waals surface area (Å²) in [6.07, 6.45) is 0. The van der Waals surface area contributed by atoms with E-state index in [1.165, 1.54) is 0 Å². The van der Waals surface area contributed by atoms with Gasteiger partial charge in [0.15, 0.2) is 0 Å². The van der Waals surface area contributed by atoms with Crippen LogP contribution < -0.4 is 10.6 Å². The molecule has 0 aliphatic carbocycles. The average Bonchev–Trinajstić information content (AvgIpc) is 2.39. The Bertz CT molecular complexity index is 558. The standard InChI is InChI=1S/C15H18N2O/c1-3-17(15(18)11(2)16)14-10-6-8-12-7-4-5-9-13(12)14/h4-11H,3,16H2,1-2H3. The lowest BCUT2D eigenvalue weighted by atomic mass is 10.1. The van der Waals surface area contributed by atoms with Gasteiger partial charge in [0.25, 0.3) is 0 Å². The molecule has 0 aliphatic rings. The number of benzene rings is 2. The predicted molar refractivity (Wildman–Crippen MR) is 75.6 cm³/mol. The van der Waals surface area contributed by atoms with E-state index in [1.807, 2.05) is 49.4 Å². The minimum atomic E-state index is -0.482. The summed E-state index contributed by atoms with van der Waals surface area (Å²) in [6, 6.07) is 13.5. The molecule has 0 aliphatic heterocycles. The molecular weight excluding hydrogens is 224 g/mol. The van der Waals surface area contributed by atoms with Gasteiger partial charge >= 0.3 is 0 Å². The number of fused-ring (bicyclic) bond motifs is 1. The summed E-state index contributed by atoms with van der Waals surface area (Å²) in [4.78, 5) is 13.9. The van der Waals surface area contributed by atoms with Crippen molar-refractivity contribution in [3.63, 3.8) is 0 Å². The number of hydrogen-bond donors (Lipinski definition) is 1. The van der Waals surface area contributed by atoms with Crippen molar-refractivity contribution in [1.82, 2.24) is 0 Å². The van der Waals surface area contributed by atoms with Gasteiger partial charge in [-0.15, -0.1) is 0 Å². The van der Waals surface area contributed by atoms with Gasteiger partial charge in [0, 0.05) is 11.9 Å². The topological polar surface area (TPSA) is 46.3 Å². The smallest absolute Gasteiger partial charge is 0.243 e. The van der Waals surface area contributed by atoms with Gasteiger partial charge in [0.1, 0.15) is 0 Å². The summed E-state index contributed by atoms with van der Waals surface area (Å²) in [5.74, 6) is -0.0474. The second kappa shape index (κ2) is 5.19. The molecule has 1 atom stereocenters. The van der Waals surface area contributed by atoms with E-state index in [9.17, 15) is 4.79 Å². The Labute approximate surface area is 107 Å². The SMILES string of the molecule is CCN(C(=O)C(C)N)c1cccc2ccccc12. The van der Waals surface area contributed by atoms with E-state index >= 15 is 0 Å². The van der Waals surface area contributed by atoms with E-state index in [1.54, 1.807) is 11.8 Å². The van der Waals surface area contributed by atoms with Crippen molar-refractivity contribution in [2.45, 2.75) is 19.9 Å². The van der Waals surface area contributed by atoms with Crippen LogP contribution in [0, 0.1) is 0 Å². The van der Waals surface area contributed by atoms with Crippen LogP contribution in [0.4, 0.5) is 5.69 Å². The van der Waals surface area contributed by atoms with E-state index in [2.05, 4.69) is 0 Å². The van der Waals surface area contributed by atoms with Crippen molar-refractivity contribution >= 4 is 22.4 Å². The maximum atomic E-state index is 12.1. The number of hydrogen-bond acceptors (Lipinski definition) is 2. The normalized spacial score (nSPS) is 12.4. The molecule has 1 unspecified atom stereocenters. The first kappa shape index (κ1) is 12.6. The lowest BCUT2D eigenvalue weighted by molar-refractivity contribution is -0.119. The summed E-state index contributed by atoms with van der Waals surface area (Å²) in [5, 5.41) is 2.21. The van der Waals surface area contributed by atoms with Gasteiger partial charge < -0.3 is 10.6 Å². The van der Waals surface area contributed by atoms with E-state index in [-0.39, 0.29) is 5.91 Å². The molecule has 0 radical (unpaired) electrons. The Morgan fingerprint density at radius 2 is 1.89 bits per heavy atom. The summed E-state index contributed by atoms with van der Waals surface area (Å²) in [7, 11) is 0. The quantitative estimate of drug-likeness (QED) is 0.899. The zero-order valence-corrected chi connectivity index (χ0v) is 10.8. The maximum absolute atomic E-state index is 12.1. The Morgan fingerprint density at radius 3 is 2.56 bits per heavy atom. The molecule has 3 heteroatoms. The van der Waals surface area contributed by atoms with Crippen LogP contribution in [0.5, 0.6) is 0 Å². The summed E-state index contributed by atoms with van der Waals surface area (Å²) >= 11 is 0. The average molecular weight is 242 g/mol. The number of anilines is 1. The molecule has 0 saturated heterocycles. The fourth-order valence-corrected chi connectivity index (χ4v) is 2.13. The monoisotopic (exact) mass is 242 g/mol. The van der Waals surface area contributed by atoms with Gasteiger partial charge in [-0.1, -0.05) is 36.4 Å². The van der Waals surface area contributed by atoms with Gasteiger partial charge in [0.05, 0.1) is 11.7 Å². The minimum Gasteiger partial charge on any atom is -0.320 e. The molecule has 3 nitrogen and oxygen atoms in total. The van der Waals surface area contributed by atoms with Gasteiger partial charge in [-0.3, -0.25) is 4.79 Å². The molecule has 1 amide bonds. The lowest BCUT2D eigenvalue weighted by Crippen LogP contribution is -2.42. The third-order valence-electron chi connectivity index (χ3n) is 3.03. The van der Waals surface area contributed by atoms with Gasteiger partial charge in [-0.2, -0.15) is 0 Å². The third-order valence-corrected chi connectivity index (χ3v) is 3.03. The van der Waals surface area contributed by atoms with E-state index in [0.29, 0.717) is 6.54 Å². The molecule has 0 aromatic heterocycles. The van der Waals surface area contributed by atoms with Crippen molar-refractivity contribution in [2.75, 3.05) is 11.4 Å². The predicted octanol–water partition coefficient (Wildman–Crippen LogP) is 2.54. The molecule has 2 N–H and O–H groups in total. The highest BCUT2D eigenvalue weighted by Gasteiger charge is 2.18. The lowest BCUT2D eigenvalue weighted by Gasteiger charge is -2.24. The molecule has 0 fully saturated rings. The maximum Gasteiger partial charge on any atom is 0.243 e. The molecule has 2 aromatic carbocycles. The molecule has 18 heavy (non-hydrogen) atoms. The Hall–Kier alpha value is -1.87. The number of carbonyl (C=O) groups excluding carboxylic acids is 1. The Morgan fingerprint density at radius 1 is 1.22 bits per heavy atom. The number of likely N-dealkylation sites (N-methyl/N-ethyl adjacent to an activating group) is 1. The van der Waals surface area contributed by atoms with Crippen LogP contribution in [0.25, 0.3) is 10.8 Å². The zero-order chi connectivity index (χ0) is 13.1. The number of nitrogens with two attached hydrogens (primary N) is 1. The highest BCUT2D eigenvalue weighted by Crippen LogP contribution is 2.26. The van der Waals surface area contributed by atoms with Gasteiger partial charge in [-0.25, -0.2) is 0 Å². The summed E-state index contributed by atoms with van der Waals surface area (Å²) in [6.45, 7) is 4.30. The molecule has 2 aromatic rings. The van der Waals surface area contributed by atoms with Crippen LogP contribution in [0.2, 0.25) is 0 Å². The molecule has 0 spiro atoms. The van der Waals surface area contributed by atoms with Crippen LogP contribution in [0.15, 0.2) is 42.5 Å². The van der Waals surface area contributed by atoms with Gasteiger partial charge in [-0.05, 0) is 25.3 Å². The fraction of sp³-hybridized carbons (Fsp3) is 0.267. The number of amides is 1. The number of nitrogens with zero attached hydrogens (tertiary/aromatic N) is 1. The molecule has 2 rings (SSSR count). The van der Waals surface area contributed by atoms with Crippen LogP contribution in [-0.4, -0.2) is 18.5 Å². The minimum absolute atomic E-state index is 0.0474. The van der Waals surface area contributed by atoms with E-state index < -0.39 is 6.04 Å². The summed E-state index contributed by atoms with van der Waals surface area (Å²) < 4.78 is 0. The van der Waals surface area contributed by atoms with E-state index in [0.717, 1.165) is 16.5 Å². The van der Waals surface area contributed by atoms with E-state index in [4.69, 9.17) is 5.73 Å².